The van der Waals surface area contributed by atoms with Crippen LogP contribution in [0.2, 0.25) is 0 Å². The van der Waals surface area contributed by atoms with E-state index in [4.69, 9.17) is 16.9 Å². The lowest BCUT2D eigenvalue weighted by Crippen LogP contribution is -1.85. The number of nitrogens with zero attached hydrogens (tertiary/aromatic N) is 1. The third-order valence-electron chi connectivity index (χ3n) is 1.42. The van der Waals surface area contributed by atoms with Crippen molar-refractivity contribution in [1.82, 2.24) is 0 Å². The Bertz CT molecular complexity index is 222. The van der Waals surface area contributed by atoms with Crippen LogP contribution in [0.5, 0.6) is 0 Å². The Balaban J connectivity index is 2.65. The third-order valence-corrected chi connectivity index (χ3v) is 1.52. The summed E-state index contributed by atoms with van der Waals surface area (Å²) in [5, 5.41) is 7.90. The zero-order valence-corrected chi connectivity index (χ0v) is 6.06. The molecule has 0 unspecified atom stereocenters. The first-order valence-corrected chi connectivity index (χ1v) is 3.43. The zero-order chi connectivity index (χ0) is 7.56. The van der Waals surface area contributed by atoms with Crippen LogP contribution in [-0.4, -0.2) is 5.24 Å². The maximum atomic E-state index is 10.3. The van der Waals surface area contributed by atoms with Crippen molar-refractivity contribution in [2.24, 2.45) is 5.92 Å². The summed E-state index contributed by atoms with van der Waals surface area (Å²) in [4.78, 5) is 10.3. The summed E-state index contributed by atoms with van der Waals surface area (Å²) in [6, 6.07) is 1.95. The summed E-state index contributed by atoms with van der Waals surface area (Å²) < 4.78 is 0. The molecule has 1 fully saturated rings. The summed E-state index contributed by atoms with van der Waals surface area (Å²) in [5.41, 5.74) is 0.528. The van der Waals surface area contributed by atoms with Gasteiger partial charge in [-0.1, -0.05) is 0 Å². The predicted octanol–water partition coefficient (Wildman–Crippen LogP) is 1.61. The van der Waals surface area contributed by atoms with E-state index in [1.807, 2.05) is 6.07 Å². The fraction of sp³-hybridized carbons (Fsp3) is 0.429. The molecule has 52 valence electrons. The highest BCUT2D eigenvalue weighted by Crippen LogP contribution is 2.35. The van der Waals surface area contributed by atoms with Gasteiger partial charge in [0.15, 0.2) is 0 Å². The molecule has 0 bridgehead atoms. The average Bonchev–Trinajstić information content (AvgIpc) is 2.63. The molecule has 0 N–H and O–H groups in total. The summed E-state index contributed by atoms with van der Waals surface area (Å²) in [6.07, 6.45) is 3.24. The summed E-state index contributed by atoms with van der Waals surface area (Å²) in [7, 11) is 0. The Kier molecular flexibility index (Phi) is 2.08. The molecule has 0 saturated heterocycles. The molecule has 1 aliphatic carbocycles. The zero-order valence-electron chi connectivity index (χ0n) is 5.30. The first-order valence-electron chi connectivity index (χ1n) is 3.05. The number of nitriles is 1. The molecule has 0 aromatic rings. The van der Waals surface area contributed by atoms with Gasteiger partial charge in [0.05, 0.1) is 6.07 Å². The Morgan fingerprint density at radius 1 is 1.70 bits per heavy atom. The van der Waals surface area contributed by atoms with Gasteiger partial charge in [0.1, 0.15) is 0 Å². The minimum Gasteiger partial charge on any atom is -0.276 e. The fourth-order valence-corrected chi connectivity index (χ4v) is 0.876. The van der Waals surface area contributed by atoms with E-state index in [9.17, 15) is 4.79 Å². The lowest BCUT2D eigenvalue weighted by molar-refractivity contribution is -0.107. The first-order chi connectivity index (χ1) is 4.74. The normalized spacial score (nSPS) is 18.2. The number of rotatable bonds is 2. The molecule has 0 amide bonds. The molecule has 0 aliphatic heterocycles. The van der Waals surface area contributed by atoms with E-state index in [1.165, 1.54) is 6.08 Å². The highest BCUT2D eigenvalue weighted by Gasteiger charge is 2.26. The van der Waals surface area contributed by atoms with Gasteiger partial charge in [-0.15, -0.1) is 0 Å². The Hall–Kier alpha value is -0.810. The van der Waals surface area contributed by atoms with Gasteiger partial charge in [-0.3, -0.25) is 4.79 Å². The first kappa shape index (κ1) is 7.30. The Morgan fingerprint density at radius 2 is 2.30 bits per heavy atom. The Labute approximate surface area is 64.1 Å². The molecule has 1 saturated carbocycles. The van der Waals surface area contributed by atoms with Crippen molar-refractivity contribution in [2.45, 2.75) is 12.8 Å². The second-order valence-electron chi connectivity index (χ2n) is 2.29. The minimum atomic E-state index is -0.552. The van der Waals surface area contributed by atoms with Gasteiger partial charge in [-0.25, -0.2) is 0 Å². The van der Waals surface area contributed by atoms with Crippen molar-refractivity contribution < 1.29 is 4.79 Å². The smallest absolute Gasteiger partial charge is 0.246 e. The highest BCUT2D eigenvalue weighted by molar-refractivity contribution is 6.66. The van der Waals surface area contributed by atoms with E-state index < -0.39 is 5.24 Å². The van der Waals surface area contributed by atoms with E-state index in [0.717, 1.165) is 12.8 Å². The van der Waals surface area contributed by atoms with Crippen molar-refractivity contribution in [3.8, 4) is 6.07 Å². The van der Waals surface area contributed by atoms with Gasteiger partial charge in [0, 0.05) is 11.6 Å². The number of carbonyl (C=O) groups is 1. The maximum Gasteiger partial charge on any atom is 0.246 e. The van der Waals surface area contributed by atoms with E-state index >= 15 is 0 Å². The molecule has 0 heterocycles. The fourth-order valence-electron chi connectivity index (χ4n) is 0.758. The molecule has 1 aliphatic rings. The van der Waals surface area contributed by atoms with Crippen LogP contribution in [0.3, 0.4) is 0 Å². The summed E-state index contributed by atoms with van der Waals surface area (Å²) in [6.45, 7) is 0. The SMILES string of the molecule is N#CC(=CC(=O)Cl)C1CC1. The molecular formula is C7H6ClNO. The molecule has 0 atom stereocenters. The second kappa shape index (κ2) is 2.85. The number of halogens is 1. The monoisotopic (exact) mass is 155 g/mol. The molecule has 0 aromatic heterocycles. The van der Waals surface area contributed by atoms with Crippen molar-refractivity contribution in [3.63, 3.8) is 0 Å². The number of allylic oxidation sites excluding steroid dienone is 2. The van der Waals surface area contributed by atoms with Crippen LogP contribution in [-0.2, 0) is 4.79 Å². The van der Waals surface area contributed by atoms with Crippen LogP contribution in [0.15, 0.2) is 11.6 Å². The minimum absolute atomic E-state index is 0.313. The lowest BCUT2D eigenvalue weighted by atomic mass is 10.2. The standard InChI is InChI=1S/C7H6ClNO/c8-7(10)3-6(4-9)5-1-2-5/h3,5H,1-2H2. The van der Waals surface area contributed by atoms with Crippen molar-refractivity contribution in [1.29, 1.82) is 5.26 Å². The van der Waals surface area contributed by atoms with Crippen LogP contribution in [0.4, 0.5) is 0 Å². The lowest BCUT2D eigenvalue weighted by Gasteiger charge is -1.86. The van der Waals surface area contributed by atoms with Crippen molar-refractivity contribution >= 4 is 16.8 Å². The summed E-state index contributed by atoms with van der Waals surface area (Å²) in [5.74, 6) is 0.313. The molecule has 0 radical (unpaired) electrons. The topological polar surface area (TPSA) is 40.9 Å². The second-order valence-corrected chi connectivity index (χ2v) is 2.66. The van der Waals surface area contributed by atoms with E-state index in [-0.39, 0.29) is 0 Å². The van der Waals surface area contributed by atoms with Gasteiger partial charge in [0.25, 0.3) is 0 Å². The molecule has 0 spiro atoms. The number of hydrogen-bond donors (Lipinski definition) is 0. The highest BCUT2D eigenvalue weighted by atomic mass is 35.5. The van der Waals surface area contributed by atoms with Crippen LogP contribution >= 0.6 is 11.6 Å². The van der Waals surface area contributed by atoms with Gasteiger partial charge in [-0.05, 0) is 30.4 Å². The van der Waals surface area contributed by atoms with Gasteiger partial charge >= 0.3 is 0 Å². The van der Waals surface area contributed by atoms with E-state index in [2.05, 4.69) is 0 Å². The van der Waals surface area contributed by atoms with Crippen molar-refractivity contribution in [3.05, 3.63) is 11.6 Å². The largest absolute Gasteiger partial charge is 0.276 e. The third kappa shape index (κ3) is 1.85. The number of hydrogen-bond acceptors (Lipinski definition) is 2. The Morgan fingerprint density at radius 3 is 2.60 bits per heavy atom. The summed E-state index contributed by atoms with van der Waals surface area (Å²) >= 11 is 5.06. The van der Waals surface area contributed by atoms with Crippen LogP contribution in [0.1, 0.15) is 12.8 Å². The van der Waals surface area contributed by atoms with Crippen LogP contribution in [0.25, 0.3) is 0 Å². The van der Waals surface area contributed by atoms with Crippen LogP contribution in [0, 0.1) is 17.2 Å². The molecule has 3 heteroatoms. The van der Waals surface area contributed by atoms with Gasteiger partial charge < -0.3 is 0 Å². The molecule has 2 nitrogen and oxygen atoms in total. The van der Waals surface area contributed by atoms with Crippen molar-refractivity contribution in [2.75, 3.05) is 0 Å². The molecule has 0 aromatic carbocycles. The predicted molar refractivity (Wildman–Crippen MR) is 37.3 cm³/mol. The van der Waals surface area contributed by atoms with E-state index in [1.54, 1.807) is 0 Å². The molecule has 10 heavy (non-hydrogen) atoms. The molecule has 1 rings (SSSR count). The van der Waals surface area contributed by atoms with Gasteiger partial charge in [0.2, 0.25) is 5.24 Å². The van der Waals surface area contributed by atoms with E-state index in [0.29, 0.717) is 11.5 Å². The quantitative estimate of drug-likeness (QED) is 0.345. The van der Waals surface area contributed by atoms with Crippen LogP contribution < -0.4 is 0 Å². The van der Waals surface area contributed by atoms with Gasteiger partial charge in [-0.2, -0.15) is 5.26 Å². The number of carbonyl (C=O) groups excluding carboxylic acids is 1. The maximum absolute atomic E-state index is 10.3. The average molecular weight is 156 g/mol. The molecular weight excluding hydrogens is 150 g/mol.